The molecule has 1 heterocycles. The molecular weight excluding hydrogens is 319 g/mol. The molecule has 1 N–H and O–H groups in total. The summed E-state index contributed by atoms with van der Waals surface area (Å²) < 4.78 is 14.8. The quantitative estimate of drug-likeness (QED) is 0.759. The molecular formula is C17H12ClFN2O2. The third-order valence-corrected chi connectivity index (χ3v) is 3.70. The monoisotopic (exact) mass is 330 g/mol. The normalized spacial score (nSPS) is 10.7. The summed E-state index contributed by atoms with van der Waals surface area (Å²) in [4.78, 5) is 24.2. The molecule has 0 aliphatic carbocycles. The molecule has 0 atom stereocenters. The third-order valence-electron chi connectivity index (χ3n) is 3.45. The van der Waals surface area contributed by atoms with Crippen LogP contribution in [0.4, 0.5) is 10.1 Å². The molecule has 3 rings (SSSR count). The smallest absolute Gasteiger partial charge is 0.257 e. The van der Waals surface area contributed by atoms with E-state index >= 15 is 0 Å². The molecule has 0 bridgehead atoms. The molecule has 6 heteroatoms. The highest BCUT2D eigenvalue weighted by atomic mass is 35.5. The van der Waals surface area contributed by atoms with Crippen molar-refractivity contribution in [3.63, 3.8) is 0 Å². The van der Waals surface area contributed by atoms with Gasteiger partial charge in [0.2, 0.25) is 5.91 Å². The zero-order valence-electron chi connectivity index (χ0n) is 12.1. The molecule has 0 unspecified atom stereocenters. The van der Waals surface area contributed by atoms with E-state index in [1.807, 2.05) is 0 Å². The van der Waals surface area contributed by atoms with Crippen molar-refractivity contribution in [2.75, 3.05) is 5.32 Å². The van der Waals surface area contributed by atoms with E-state index in [1.54, 1.807) is 24.3 Å². The van der Waals surface area contributed by atoms with Gasteiger partial charge in [0.25, 0.3) is 5.91 Å². The van der Waals surface area contributed by atoms with Crippen LogP contribution in [0, 0.1) is 5.82 Å². The topological polar surface area (TPSA) is 51.1 Å². The Morgan fingerprint density at radius 2 is 1.83 bits per heavy atom. The number of halogens is 2. The average molecular weight is 331 g/mol. The predicted octanol–water partition coefficient (Wildman–Crippen LogP) is 4.35. The number of carbonyl (C=O) groups is 2. The number of aromatic nitrogens is 1. The number of rotatable bonds is 2. The third kappa shape index (κ3) is 2.96. The van der Waals surface area contributed by atoms with Gasteiger partial charge >= 0.3 is 0 Å². The fourth-order valence-corrected chi connectivity index (χ4v) is 2.50. The lowest BCUT2D eigenvalue weighted by atomic mass is 10.1. The number of fused-ring (bicyclic) bond motifs is 1. The van der Waals surface area contributed by atoms with Gasteiger partial charge in [-0.15, -0.1) is 0 Å². The Bertz CT molecular complexity index is 916. The molecule has 0 spiro atoms. The van der Waals surface area contributed by atoms with Crippen molar-refractivity contribution >= 4 is 40.0 Å². The maximum Gasteiger partial charge on any atom is 0.257 e. The van der Waals surface area contributed by atoms with E-state index < -0.39 is 11.7 Å². The number of carbonyl (C=O) groups excluding carboxylic acids is 2. The number of hydrogen-bond donors (Lipinski definition) is 1. The molecule has 3 aromatic rings. The van der Waals surface area contributed by atoms with E-state index in [0.717, 1.165) is 0 Å². The van der Waals surface area contributed by atoms with Crippen LogP contribution in [0.15, 0.2) is 48.7 Å². The number of amides is 1. The Kier molecular flexibility index (Phi) is 3.88. The van der Waals surface area contributed by atoms with E-state index in [-0.39, 0.29) is 11.5 Å². The lowest BCUT2D eigenvalue weighted by Gasteiger charge is -2.04. The maximum absolute atomic E-state index is 13.5. The standard InChI is InChI=1S/C17H12ClFN2O2/c1-10(22)21-9-15(14-8-12(19)4-7-16(14)21)17(23)20-13-5-2-11(18)3-6-13/h2-9H,1H3,(H,20,23). The van der Waals surface area contributed by atoms with Gasteiger partial charge in [-0.25, -0.2) is 4.39 Å². The summed E-state index contributed by atoms with van der Waals surface area (Å²) in [7, 11) is 0. The van der Waals surface area contributed by atoms with Crippen LogP contribution < -0.4 is 5.32 Å². The summed E-state index contributed by atoms with van der Waals surface area (Å²) in [5, 5.41) is 3.64. The van der Waals surface area contributed by atoms with Gasteiger partial charge < -0.3 is 5.32 Å². The van der Waals surface area contributed by atoms with E-state index in [1.165, 1.54) is 35.9 Å². The summed E-state index contributed by atoms with van der Waals surface area (Å²) in [5.41, 5.74) is 1.27. The summed E-state index contributed by atoms with van der Waals surface area (Å²) in [6.07, 6.45) is 1.41. The first-order chi connectivity index (χ1) is 11.0. The largest absolute Gasteiger partial charge is 0.322 e. The minimum atomic E-state index is -0.473. The van der Waals surface area contributed by atoms with Gasteiger partial charge in [0.1, 0.15) is 5.82 Å². The highest BCUT2D eigenvalue weighted by Gasteiger charge is 2.17. The summed E-state index contributed by atoms with van der Waals surface area (Å²) in [6, 6.07) is 10.6. The lowest BCUT2D eigenvalue weighted by Crippen LogP contribution is -2.11. The molecule has 0 fully saturated rings. The number of anilines is 1. The lowest BCUT2D eigenvalue weighted by molar-refractivity contribution is 0.0941. The van der Waals surface area contributed by atoms with Gasteiger partial charge in [0.05, 0.1) is 11.1 Å². The van der Waals surface area contributed by atoms with Gasteiger partial charge in [-0.1, -0.05) is 11.6 Å². The van der Waals surface area contributed by atoms with Crippen LogP contribution in [0.2, 0.25) is 5.02 Å². The summed E-state index contributed by atoms with van der Waals surface area (Å²) in [6.45, 7) is 1.38. The van der Waals surface area contributed by atoms with Crippen molar-refractivity contribution in [1.29, 1.82) is 0 Å². The first-order valence-electron chi connectivity index (χ1n) is 6.84. The Morgan fingerprint density at radius 1 is 1.13 bits per heavy atom. The van der Waals surface area contributed by atoms with Crippen LogP contribution in [-0.2, 0) is 0 Å². The fourth-order valence-electron chi connectivity index (χ4n) is 2.38. The molecule has 1 amide bonds. The zero-order valence-corrected chi connectivity index (χ0v) is 12.9. The van der Waals surface area contributed by atoms with E-state index in [2.05, 4.69) is 5.32 Å². The molecule has 116 valence electrons. The number of benzene rings is 2. The SMILES string of the molecule is CC(=O)n1cc(C(=O)Nc2ccc(Cl)cc2)c2cc(F)ccc21. The minimum Gasteiger partial charge on any atom is -0.322 e. The second kappa shape index (κ2) is 5.85. The predicted molar refractivity (Wildman–Crippen MR) is 87.6 cm³/mol. The molecule has 0 saturated heterocycles. The first-order valence-corrected chi connectivity index (χ1v) is 7.22. The summed E-state index contributed by atoms with van der Waals surface area (Å²) >= 11 is 5.80. The van der Waals surface area contributed by atoms with Crippen LogP contribution in [0.3, 0.4) is 0 Å². The molecule has 0 aliphatic rings. The van der Waals surface area contributed by atoms with Gasteiger partial charge in [0, 0.05) is 29.2 Å². The molecule has 2 aromatic carbocycles. The maximum atomic E-state index is 13.5. The van der Waals surface area contributed by atoms with E-state index in [4.69, 9.17) is 11.6 Å². The zero-order chi connectivity index (χ0) is 16.6. The Hall–Kier alpha value is -2.66. The van der Waals surface area contributed by atoms with Crippen LogP contribution in [0.1, 0.15) is 22.1 Å². The first kappa shape index (κ1) is 15.2. The molecule has 1 aromatic heterocycles. The van der Waals surface area contributed by atoms with E-state index in [9.17, 15) is 14.0 Å². The van der Waals surface area contributed by atoms with Gasteiger partial charge in [0.15, 0.2) is 0 Å². The Morgan fingerprint density at radius 3 is 2.48 bits per heavy atom. The summed E-state index contributed by atoms with van der Waals surface area (Å²) in [5.74, 6) is -1.16. The number of hydrogen-bond acceptors (Lipinski definition) is 2. The van der Waals surface area contributed by atoms with Crippen LogP contribution in [-0.4, -0.2) is 16.4 Å². The highest BCUT2D eigenvalue weighted by molar-refractivity contribution is 6.30. The molecule has 0 saturated carbocycles. The molecule has 0 aliphatic heterocycles. The van der Waals surface area contributed by atoms with Crippen molar-refractivity contribution < 1.29 is 14.0 Å². The van der Waals surface area contributed by atoms with Gasteiger partial charge in [-0.2, -0.15) is 0 Å². The Balaban J connectivity index is 2.04. The molecule has 0 radical (unpaired) electrons. The van der Waals surface area contributed by atoms with Gasteiger partial charge in [-0.05, 0) is 42.5 Å². The van der Waals surface area contributed by atoms with Crippen LogP contribution >= 0.6 is 11.6 Å². The van der Waals surface area contributed by atoms with Crippen LogP contribution in [0.25, 0.3) is 10.9 Å². The van der Waals surface area contributed by atoms with Crippen molar-refractivity contribution in [1.82, 2.24) is 4.57 Å². The Labute approximate surface area is 136 Å². The fraction of sp³-hybridized carbons (Fsp3) is 0.0588. The van der Waals surface area contributed by atoms with Crippen molar-refractivity contribution in [3.05, 3.63) is 65.1 Å². The van der Waals surface area contributed by atoms with Crippen molar-refractivity contribution in [2.24, 2.45) is 0 Å². The average Bonchev–Trinajstić information content (AvgIpc) is 2.88. The van der Waals surface area contributed by atoms with Crippen LogP contribution in [0.5, 0.6) is 0 Å². The molecule has 23 heavy (non-hydrogen) atoms. The second-order valence-corrected chi connectivity index (χ2v) is 5.49. The highest BCUT2D eigenvalue weighted by Crippen LogP contribution is 2.24. The number of nitrogens with one attached hydrogen (secondary N) is 1. The van der Waals surface area contributed by atoms with Gasteiger partial charge in [-0.3, -0.25) is 14.2 Å². The van der Waals surface area contributed by atoms with E-state index in [0.29, 0.717) is 21.6 Å². The second-order valence-electron chi connectivity index (χ2n) is 5.05. The minimum absolute atomic E-state index is 0.227. The van der Waals surface area contributed by atoms with Crippen molar-refractivity contribution in [3.8, 4) is 0 Å². The van der Waals surface area contributed by atoms with Crippen molar-refractivity contribution in [2.45, 2.75) is 6.92 Å². The number of nitrogens with zero attached hydrogens (tertiary/aromatic N) is 1. The molecule has 4 nitrogen and oxygen atoms in total.